The van der Waals surface area contributed by atoms with Crippen molar-refractivity contribution in [2.24, 2.45) is 0 Å². The van der Waals surface area contributed by atoms with E-state index in [0.29, 0.717) is 11.4 Å². The zero-order chi connectivity index (χ0) is 9.97. The Hall–Kier alpha value is -1.49. The van der Waals surface area contributed by atoms with Crippen molar-refractivity contribution in [3.63, 3.8) is 0 Å². The number of H-pyrrole nitrogens is 1. The number of hydrogen-bond donors (Lipinski definition) is 1. The van der Waals surface area contributed by atoms with E-state index in [1.807, 2.05) is 0 Å². The molecule has 0 amide bonds. The maximum Gasteiger partial charge on any atom is 0.179 e. The van der Waals surface area contributed by atoms with Gasteiger partial charge in [-0.2, -0.15) is 5.21 Å². The van der Waals surface area contributed by atoms with Crippen LogP contribution in [0.25, 0.3) is 0 Å². The molecular weight excluding hydrogens is 207 g/mol. The topological polar surface area (TPSA) is 54.5 Å². The molecule has 1 heterocycles. The molecule has 72 valence electrons. The summed E-state index contributed by atoms with van der Waals surface area (Å²) in [6, 6.07) is 4.81. The van der Waals surface area contributed by atoms with Crippen LogP contribution in [0.4, 0.5) is 4.39 Å². The Labute approximate surface area is 84.1 Å². The number of tetrazole rings is 1. The predicted octanol–water partition coefficient (Wildman–Crippen LogP) is 1.58. The second-order valence-electron chi connectivity index (χ2n) is 2.72. The molecule has 4 nitrogen and oxygen atoms in total. The highest BCUT2D eigenvalue weighted by molar-refractivity contribution is 6.30. The van der Waals surface area contributed by atoms with Gasteiger partial charge >= 0.3 is 0 Å². The van der Waals surface area contributed by atoms with E-state index in [2.05, 4.69) is 20.6 Å². The molecule has 6 heteroatoms. The van der Waals surface area contributed by atoms with E-state index in [9.17, 15) is 4.39 Å². The van der Waals surface area contributed by atoms with Crippen molar-refractivity contribution in [3.05, 3.63) is 40.4 Å². The average Bonchev–Trinajstić information content (AvgIpc) is 2.66. The molecule has 14 heavy (non-hydrogen) atoms. The van der Waals surface area contributed by atoms with Gasteiger partial charge in [-0.1, -0.05) is 28.9 Å². The molecule has 1 aromatic heterocycles. The van der Waals surface area contributed by atoms with Gasteiger partial charge in [-0.15, -0.1) is 10.2 Å². The normalized spacial score (nSPS) is 10.4. The van der Waals surface area contributed by atoms with Crippen LogP contribution in [0.1, 0.15) is 11.4 Å². The van der Waals surface area contributed by atoms with Crippen LogP contribution in [0.5, 0.6) is 0 Å². The lowest BCUT2D eigenvalue weighted by atomic mass is 10.1. The zero-order valence-corrected chi connectivity index (χ0v) is 7.79. The Bertz CT molecular complexity index is 429. The molecule has 0 bridgehead atoms. The van der Waals surface area contributed by atoms with E-state index in [1.54, 1.807) is 12.1 Å². The summed E-state index contributed by atoms with van der Waals surface area (Å²) < 4.78 is 13.4. The summed E-state index contributed by atoms with van der Waals surface area (Å²) >= 11 is 5.61. The van der Waals surface area contributed by atoms with Crippen LogP contribution in [-0.2, 0) is 6.42 Å². The van der Waals surface area contributed by atoms with Gasteiger partial charge in [-0.25, -0.2) is 4.39 Å². The fraction of sp³-hybridized carbons (Fsp3) is 0.125. The third kappa shape index (κ3) is 1.72. The van der Waals surface area contributed by atoms with Gasteiger partial charge in [0, 0.05) is 6.42 Å². The van der Waals surface area contributed by atoms with Crippen LogP contribution in [0.15, 0.2) is 18.2 Å². The highest BCUT2D eigenvalue weighted by Gasteiger charge is 2.08. The highest BCUT2D eigenvalue weighted by Crippen LogP contribution is 2.19. The summed E-state index contributed by atoms with van der Waals surface area (Å²) in [5, 5.41) is 13.2. The number of nitrogens with one attached hydrogen (secondary N) is 1. The molecule has 0 unspecified atom stereocenters. The molecule has 0 saturated carbocycles. The summed E-state index contributed by atoms with van der Waals surface area (Å²) in [4.78, 5) is 0. The second kappa shape index (κ2) is 3.71. The summed E-state index contributed by atoms with van der Waals surface area (Å²) in [7, 11) is 0. The molecule has 0 aliphatic rings. The second-order valence-corrected chi connectivity index (χ2v) is 3.12. The number of aromatic nitrogens is 4. The van der Waals surface area contributed by atoms with Crippen LogP contribution in [0, 0.1) is 5.82 Å². The largest absolute Gasteiger partial charge is 0.205 e. The van der Waals surface area contributed by atoms with Gasteiger partial charge in [-0.3, -0.25) is 0 Å². The first-order valence-corrected chi connectivity index (χ1v) is 4.30. The molecular formula is C8H6ClFN4. The van der Waals surface area contributed by atoms with Crippen molar-refractivity contribution in [2.45, 2.75) is 6.42 Å². The Morgan fingerprint density at radius 3 is 3.00 bits per heavy atom. The highest BCUT2D eigenvalue weighted by atomic mass is 35.5. The van der Waals surface area contributed by atoms with Gasteiger partial charge in [0.15, 0.2) is 5.82 Å². The quantitative estimate of drug-likeness (QED) is 0.823. The average molecular weight is 213 g/mol. The first-order chi connectivity index (χ1) is 6.77. The zero-order valence-electron chi connectivity index (χ0n) is 7.04. The maximum absolute atomic E-state index is 13.4. The van der Waals surface area contributed by atoms with Crippen LogP contribution < -0.4 is 0 Å². The summed E-state index contributed by atoms with van der Waals surface area (Å²) in [5.74, 6) is 0.00475. The van der Waals surface area contributed by atoms with Gasteiger partial charge in [0.05, 0.1) is 5.02 Å². The number of nitrogens with zero attached hydrogens (tertiary/aromatic N) is 3. The number of aromatic amines is 1. The van der Waals surface area contributed by atoms with E-state index in [-0.39, 0.29) is 11.4 Å². The number of rotatable bonds is 2. The van der Waals surface area contributed by atoms with Crippen molar-refractivity contribution < 1.29 is 4.39 Å². The van der Waals surface area contributed by atoms with Crippen molar-refractivity contribution >= 4 is 11.6 Å². The van der Waals surface area contributed by atoms with Crippen LogP contribution in [0.3, 0.4) is 0 Å². The molecule has 0 fully saturated rings. The van der Waals surface area contributed by atoms with Gasteiger partial charge in [0.1, 0.15) is 5.82 Å². The predicted molar refractivity (Wildman–Crippen MR) is 48.4 cm³/mol. The summed E-state index contributed by atoms with van der Waals surface area (Å²) in [6.07, 6.45) is 0.281. The fourth-order valence-electron chi connectivity index (χ4n) is 1.11. The van der Waals surface area contributed by atoms with E-state index in [1.165, 1.54) is 6.07 Å². The lowest BCUT2D eigenvalue weighted by Gasteiger charge is -2.00. The van der Waals surface area contributed by atoms with E-state index < -0.39 is 5.82 Å². The Morgan fingerprint density at radius 2 is 2.29 bits per heavy atom. The molecule has 0 saturated heterocycles. The summed E-state index contributed by atoms with van der Waals surface area (Å²) in [5.41, 5.74) is 0.457. The molecule has 1 N–H and O–H groups in total. The summed E-state index contributed by atoms with van der Waals surface area (Å²) in [6.45, 7) is 0. The standard InChI is InChI=1S/C8H6ClFN4/c9-6-3-1-2-5(8(6)10)4-7-11-13-14-12-7/h1-3H,4H2,(H,11,12,13,14). The molecule has 0 aliphatic carbocycles. The first-order valence-electron chi connectivity index (χ1n) is 3.92. The maximum atomic E-state index is 13.4. The molecule has 2 rings (SSSR count). The van der Waals surface area contributed by atoms with E-state index in [4.69, 9.17) is 11.6 Å². The van der Waals surface area contributed by atoms with Gasteiger partial charge < -0.3 is 0 Å². The molecule has 1 aromatic carbocycles. The number of hydrogen-bond acceptors (Lipinski definition) is 3. The van der Waals surface area contributed by atoms with Crippen LogP contribution >= 0.6 is 11.6 Å². The Kier molecular flexibility index (Phi) is 2.41. The fourth-order valence-corrected chi connectivity index (χ4v) is 1.31. The van der Waals surface area contributed by atoms with E-state index in [0.717, 1.165) is 0 Å². The van der Waals surface area contributed by atoms with Crippen LogP contribution in [-0.4, -0.2) is 20.6 Å². The lowest BCUT2D eigenvalue weighted by molar-refractivity contribution is 0.612. The Morgan fingerprint density at radius 1 is 1.43 bits per heavy atom. The van der Waals surface area contributed by atoms with Gasteiger partial charge in [0.2, 0.25) is 0 Å². The molecule has 0 spiro atoms. The van der Waals surface area contributed by atoms with Gasteiger partial charge in [0.25, 0.3) is 0 Å². The minimum Gasteiger partial charge on any atom is -0.205 e. The first kappa shape index (κ1) is 9.08. The van der Waals surface area contributed by atoms with Crippen LogP contribution in [0.2, 0.25) is 5.02 Å². The molecule has 0 atom stereocenters. The van der Waals surface area contributed by atoms with Crippen molar-refractivity contribution in [1.29, 1.82) is 0 Å². The lowest BCUT2D eigenvalue weighted by Crippen LogP contribution is -1.95. The monoisotopic (exact) mass is 212 g/mol. The molecule has 0 radical (unpaired) electrons. The number of halogens is 2. The van der Waals surface area contributed by atoms with Crippen molar-refractivity contribution in [3.8, 4) is 0 Å². The Balaban J connectivity index is 2.29. The van der Waals surface area contributed by atoms with Crippen molar-refractivity contribution in [2.75, 3.05) is 0 Å². The minimum atomic E-state index is -0.432. The number of benzene rings is 1. The van der Waals surface area contributed by atoms with E-state index >= 15 is 0 Å². The smallest absolute Gasteiger partial charge is 0.179 e. The third-order valence-electron chi connectivity index (χ3n) is 1.77. The molecule has 0 aliphatic heterocycles. The third-order valence-corrected chi connectivity index (χ3v) is 2.06. The molecule has 2 aromatic rings. The van der Waals surface area contributed by atoms with Crippen molar-refractivity contribution in [1.82, 2.24) is 20.6 Å². The SMILES string of the molecule is Fc1c(Cl)cccc1Cc1nn[nH]n1. The van der Waals surface area contributed by atoms with Gasteiger partial charge in [-0.05, 0) is 11.6 Å². The minimum absolute atomic E-state index is 0.103.